The van der Waals surface area contributed by atoms with Gasteiger partial charge in [-0.2, -0.15) is 0 Å². The molecule has 0 spiro atoms. The van der Waals surface area contributed by atoms with Gasteiger partial charge in [-0.25, -0.2) is 13.6 Å². The van der Waals surface area contributed by atoms with Gasteiger partial charge in [-0.05, 0) is 24.3 Å². The van der Waals surface area contributed by atoms with Crippen LogP contribution in [0.4, 0.5) is 8.78 Å². The Bertz CT molecular complexity index is 581. The largest absolute Gasteiger partial charge is 0.478 e. The number of halogens is 2. The van der Waals surface area contributed by atoms with E-state index in [-0.39, 0.29) is 11.3 Å². The zero-order chi connectivity index (χ0) is 13.8. The normalized spacial score (nSPS) is 11.9. The summed E-state index contributed by atoms with van der Waals surface area (Å²) < 4.78 is 31.3. The summed E-state index contributed by atoms with van der Waals surface area (Å²) in [6, 6.07) is 10.3. The summed E-state index contributed by atoms with van der Waals surface area (Å²) in [5.41, 5.74) is 0.233. The minimum Gasteiger partial charge on any atom is -0.478 e. The number of para-hydroxylation sites is 1. The number of hydrogen-bond donors (Lipinski definition) is 1. The molecule has 0 radical (unpaired) electrons. The van der Waals surface area contributed by atoms with Gasteiger partial charge in [-0.3, -0.25) is 0 Å². The van der Waals surface area contributed by atoms with Crippen molar-refractivity contribution in [1.29, 1.82) is 0 Å². The molecule has 0 saturated heterocycles. The Morgan fingerprint density at radius 2 is 1.68 bits per heavy atom. The summed E-state index contributed by atoms with van der Waals surface area (Å²) in [5.74, 6) is -2.59. The summed E-state index contributed by atoms with van der Waals surface area (Å²) in [4.78, 5) is 11.2. The van der Waals surface area contributed by atoms with Crippen LogP contribution in [0.25, 0.3) is 0 Å². The van der Waals surface area contributed by atoms with E-state index in [1.807, 2.05) is 0 Å². The van der Waals surface area contributed by atoms with Crippen molar-refractivity contribution in [3.05, 3.63) is 65.7 Å². The van der Waals surface area contributed by atoms with E-state index in [9.17, 15) is 13.6 Å². The van der Waals surface area contributed by atoms with E-state index in [0.717, 1.165) is 12.1 Å². The molecule has 3 nitrogen and oxygen atoms in total. The highest BCUT2D eigenvalue weighted by Gasteiger charge is 2.23. The summed E-state index contributed by atoms with van der Waals surface area (Å²) in [5, 5.41) is 9.11. The maximum absolute atomic E-state index is 13.4. The lowest BCUT2D eigenvalue weighted by molar-refractivity contribution is -0.145. The fourth-order valence-electron chi connectivity index (χ4n) is 1.57. The van der Waals surface area contributed by atoms with E-state index in [1.165, 1.54) is 36.4 Å². The molecule has 0 bridgehead atoms. The molecule has 0 heterocycles. The number of rotatable bonds is 4. The maximum atomic E-state index is 13.4. The predicted octanol–water partition coefficient (Wildman–Crippen LogP) is 3.17. The lowest BCUT2D eigenvalue weighted by Gasteiger charge is -2.15. The van der Waals surface area contributed by atoms with Crippen LogP contribution in [-0.4, -0.2) is 11.1 Å². The van der Waals surface area contributed by atoms with Crippen molar-refractivity contribution in [2.75, 3.05) is 0 Å². The van der Waals surface area contributed by atoms with Gasteiger partial charge in [0.1, 0.15) is 5.82 Å². The lowest BCUT2D eigenvalue weighted by Crippen LogP contribution is -2.18. The third-order valence-electron chi connectivity index (χ3n) is 2.48. The number of aliphatic carboxylic acids is 1. The number of ether oxygens (including phenoxy) is 1. The molecule has 0 fully saturated rings. The van der Waals surface area contributed by atoms with Gasteiger partial charge in [0.25, 0.3) is 0 Å². The van der Waals surface area contributed by atoms with Crippen molar-refractivity contribution < 1.29 is 23.4 Å². The highest BCUT2D eigenvalue weighted by atomic mass is 19.1. The first-order valence-electron chi connectivity index (χ1n) is 5.47. The molecule has 2 aromatic rings. The van der Waals surface area contributed by atoms with E-state index in [4.69, 9.17) is 9.84 Å². The molecule has 0 aliphatic carbocycles. The van der Waals surface area contributed by atoms with Crippen LogP contribution in [0, 0.1) is 11.6 Å². The number of carboxylic acids is 1. The van der Waals surface area contributed by atoms with Crippen LogP contribution in [0.3, 0.4) is 0 Å². The molecule has 1 unspecified atom stereocenters. The molecule has 19 heavy (non-hydrogen) atoms. The molecular formula is C14H10F2O3. The van der Waals surface area contributed by atoms with Gasteiger partial charge < -0.3 is 9.84 Å². The molecule has 0 aliphatic rings. The van der Waals surface area contributed by atoms with Crippen LogP contribution in [0.5, 0.6) is 5.75 Å². The molecule has 2 aromatic carbocycles. The Hall–Kier alpha value is -2.43. The average Bonchev–Trinajstić information content (AvgIpc) is 2.39. The van der Waals surface area contributed by atoms with Crippen LogP contribution in [0.2, 0.25) is 0 Å². The Morgan fingerprint density at radius 3 is 2.26 bits per heavy atom. The molecule has 0 saturated carbocycles. The zero-order valence-electron chi connectivity index (χ0n) is 9.72. The van der Waals surface area contributed by atoms with E-state index in [0.29, 0.717) is 0 Å². The first kappa shape index (κ1) is 13.0. The maximum Gasteiger partial charge on any atom is 0.349 e. The lowest BCUT2D eigenvalue weighted by atomic mass is 10.1. The van der Waals surface area contributed by atoms with Crippen LogP contribution in [0.1, 0.15) is 11.7 Å². The molecule has 0 aromatic heterocycles. The zero-order valence-corrected chi connectivity index (χ0v) is 9.72. The van der Waals surface area contributed by atoms with Crippen molar-refractivity contribution in [3.8, 4) is 5.75 Å². The topological polar surface area (TPSA) is 46.5 Å². The second-order valence-corrected chi connectivity index (χ2v) is 3.82. The molecule has 5 heteroatoms. The second kappa shape index (κ2) is 5.48. The number of carbonyl (C=O) groups is 1. The van der Waals surface area contributed by atoms with Crippen LogP contribution in [-0.2, 0) is 4.79 Å². The Morgan fingerprint density at radius 1 is 1.05 bits per heavy atom. The van der Waals surface area contributed by atoms with Crippen molar-refractivity contribution in [3.63, 3.8) is 0 Å². The molecule has 0 amide bonds. The predicted molar refractivity (Wildman–Crippen MR) is 63.8 cm³/mol. The third-order valence-corrected chi connectivity index (χ3v) is 2.48. The van der Waals surface area contributed by atoms with Gasteiger partial charge in [-0.15, -0.1) is 0 Å². The van der Waals surface area contributed by atoms with Gasteiger partial charge in [0.05, 0.1) is 0 Å². The van der Waals surface area contributed by atoms with Crippen LogP contribution >= 0.6 is 0 Å². The van der Waals surface area contributed by atoms with Crippen molar-refractivity contribution in [2.45, 2.75) is 6.10 Å². The summed E-state index contributed by atoms with van der Waals surface area (Å²) in [6.07, 6.45) is -1.39. The standard InChI is InChI=1S/C14H10F2O3/c15-10-7-5-9(6-8-10)13(14(17)18)19-12-4-2-1-3-11(12)16/h1-8,13H,(H,17,18). The molecule has 98 valence electrons. The molecule has 1 N–H and O–H groups in total. The fourth-order valence-corrected chi connectivity index (χ4v) is 1.57. The smallest absolute Gasteiger partial charge is 0.349 e. The van der Waals surface area contributed by atoms with Gasteiger partial charge in [0, 0.05) is 5.56 Å². The van der Waals surface area contributed by atoms with Crippen molar-refractivity contribution in [2.24, 2.45) is 0 Å². The Kier molecular flexibility index (Phi) is 3.75. The Labute approximate surface area is 108 Å². The monoisotopic (exact) mass is 264 g/mol. The third kappa shape index (κ3) is 3.07. The summed E-state index contributed by atoms with van der Waals surface area (Å²) >= 11 is 0. The van der Waals surface area contributed by atoms with E-state index in [2.05, 4.69) is 0 Å². The quantitative estimate of drug-likeness (QED) is 0.922. The van der Waals surface area contributed by atoms with E-state index >= 15 is 0 Å². The van der Waals surface area contributed by atoms with E-state index < -0.39 is 23.7 Å². The minimum absolute atomic E-state index is 0.167. The summed E-state index contributed by atoms with van der Waals surface area (Å²) in [7, 11) is 0. The Balaban J connectivity index is 2.29. The first-order chi connectivity index (χ1) is 9.08. The van der Waals surface area contributed by atoms with E-state index in [1.54, 1.807) is 0 Å². The van der Waals surface area contributed by atoms with Crippen molar-refractivity contribution in [1.82, 2.24) is 0 Å². The minimum atomic E-state index is -1.39. The van der Waals surface area contributed by atoms with Gasteiger partial charge in [0.15, 0.2) is 11.6 Å². The molecule has 0 aliphatic heterocycles. The van der Waals surface area contributed by atoms with Crippen molar-refractivity contribution >= 4 is 5.97 Å². The van der Waals surface area contributed by atoms with Gasteiger partial charge in [-0.1, -0.05) is 24.3 Å². The van der Waals surface area contributed by atoms with Gasteiger partial charge >= 0.3 is 5.97 Å². The van der Waals surface area contributed by atoms with Crippen LogP contribution < -0.4 is 4.74 Å². The van der Waals surface area contributed by atoms with Gasteiger partial charge in [0.2, 0.25) is 6.10 Å². The number of benzene rings is 2. The SMILES string of the molecule is O=C(O)C(Oc1ccccc1F)c1ccc(F)cc1. The first-order valence-corrected chi connectivity index (χ1v) is 5.47. The average molecular weight is 264 g/mol. The fraction of sp³-hybridized carbons (Fsp3) is 0.0714. The summed E-state index contributed by atoms with van der Waals surface area (Å²) in [6.45, 7) is 0. The second-order valence-electron chi connectivity index (χ2n) is 3.82. The molecular weight excluding hydrogens is 254 g/mol. The number of hydrogen-bond acceptors (Lipinski definition) is 2. The molecule has 1 atom stereocenters. The highest BCUT2D eigenvalue weighted by molar-refractivity contribution is 5.74. The highest BCUT2D eigenvalue weighted by Crippen LogP contribution is 2.24. The van der Waals surface area contributed by atoms with Crippen LogP contribution in [0.15, 0.2) is 48.5 Å². The molecule has 2 rings (SSSR count). The number of carboxylic acid groups (broad SMARTS) is 1.